The highest BCUT2D eigenvalue weighted by molar-refractivity contribution is 5.95. The first-order valence-electron chi connectivity index (χ1n) is 10.5. The molecule has 0 aliphatic carbocycles. The third kappa shape index (κ3) is 4.29. The lowest BCUT2D eigenvalue weighted by molar-refractivity contribution is 0.415. The average Bonchev–Trinajstić information content (AvgIpc) is 2.84. The predicted octanol–water partition coefficient (Wildman–Crippen LogP) is 5.41. The van der Waals surface area contributed by atoms with Crippen LogP contribution in [-0.2, 0) is 0 Å². The van der Waals surface area contributed by atoms with Crippen LogP contribution in [0.3, 0.4) is 0 Å². The summed E-state index contributed by atoms with van der Waals surface area (Å²) in [5.41, 5.74) is 17.4. The van der Waals surface area contributed by atoms with Crippen LogP contribution in [0, 0.1) is 5.82 Å². The first-order valence-corrected chi connectivity index (χ1v) is 10.5. The fourth-order valence-corrected chi connectivity index (χ4v) is 3.69. The summed E-state index contributed by atoms with van der Waals surface area (Å²) >= 11 is 0. The van der Waals surface area contributed by atoms with Gasteiger partial charge in [0.25, 0.3) is 0 Å². The first kappa shape index (κ1) is 21.1. The zero-order valence-corrected chi connectivity index (χ0v) is 18.3. The van der Waals surface area contributed by atoms with E-state index in [0.29, 0.717) is 22.9 Å². The molecule has 0 aliphatic heterocycles. The molecule has 5 aromatic rings. The molecule has 34 heavy (non-hydrogen) atoms. The van der Waals surface area contributed by atoms with E-state index < -0.39 is 0 Å². The molecule has 0 fully saturated rings. The summed E-state index contributed by atoms with van der Waals surface area (Å²) in [5, 5.41) is 4.05. The van der Waals surface area contributed by atoms with E-state index in [4.69, 9.17) is 16.2 Å². The lowest BCUT2D eigenvalue weighted by atomic mass is 10.1. The monoisotopic (exact) mass is 452 g/mol. The molecule has 8 heteroatoms. The van der Waals surface area contributed by atoms with Crippen LogP contribution in [0.15, 0.2) is 78.9 Å². The highest BCUT2D eigenvalue weighted by Gasteiger charge is 2.10. The number of anilines is 4. The highest BCUT2D eigenvalue weighted by atomic mass is 19.1. The maximum Gasteiger partial charge on any atom is 0.222 e. The standard InChI is InChI=1S/C26H21FN6O/c1-34-19-9-4-16(5-10-19)24-14-25(33-26(29)32-24)30-18-8-11-22-20(12-18)21(28)13-23(31-22)15-2-6-17(27)7-3-15/h2-14H,1H3,(H2,28,31)(H3,29,30,32,33). The van der Waals surface area contributed by atoms with Gasteiger partial charge in [-0.25, -0.2) is 14.4 Å². The van der Waals surface area contributed by atoms with Gasteiger partial charge in [-0.1, -0.05) is 0 Å². The summed E-state index contributed by atoms with van der Waals surface area (Å²) < 4.78 is 18.5. The van der Waals surface area contributed by atoms with E-state index in [-0.39, 0.29) is 11.8 Å². The number of ether oxygens (including phenoxy) is 1. The second-order valence-corrected chi connectivity index (χ2v) is 7.69. The van der Waals surface area contributed by atoms with E-state index >= 15 is 0 Å². The molecule has 3 aromatic carbocycles. The van der Waals surface area contributed by atoms with Gasteiger partial charge in [0.05, 0.1) is 24.0 Å². The molecule has 0 radical (unpaired) electrons. The van der Waals surface area contributed by atoms with Crippen LogP contribution >= 0.6 is 0 Å². The van der Waals surface area contributed by atoms with Crippen LogP contribution in [-0.4, -0.2) is 22.1 Å². The molecule has 0 unspecified atom stereocenters. The molecule has 0 saturated carbocycles. The third-order valence-electron chi connectivity index (χ3n) is 5.38. The van der Waals surface area contributed by atoms with E-state index in [0.717, 1.165) is 33.5 Å². The Morgan fingerprint density at radius 1 is 0.765 bits per heavy atom. The summed E-state index contributed by atoms with van der Waals surface area (Å²) in [6.07, 6.45) is 0. The molecule has 0 spiro atoms. The number of halogens is 1. The summed E-state index contributed by atoms with van der Waals surface area (Å²) in [7, 11) is 1.62. The van der Waals surface area contributed by atoms with Gasteiger partial charge < -0.3 is 21.5 Å². The number of pyridine rings is 1. The van der Waals surface area contributed by atoms with Crippen molar-refractivity contribution in [1.29, 1.82) is 0 Å². The van der Waals surface area contributed by atoms with E-state index in [2.05, 4.69) is 20.3 Å². The normalized spacial score (nSPS) is 10.9. The van der Waals surface area contributed by atoms with Gasteiger partial charge in [-0.3, -0.25) is 0 Å². The summed E-state index contributed by atoms with van der Waals surface area (Å²) in [6, 6.07) is 23.0. The van der Waals surface area contributed by atoms with Crippen molar-refractivity contribution < 1.29 is 9.13 Å². The number of rotatable bonds is 5. The molecule has 5 rings (SSSR count). The van der Waals surface area contributed by atoms with Crippen molar-refractivity contribution in [2.24, 2.45) is 0 Å². The largest absolute Gasteiger partial charge is 0.497 e. The van der Waals surface area contributed by atoms with Crippen LogP contribution in [0.4, 0.5) is 27.5 Å². The van der Waals surface area contributed by atoms with Crippen LogP contribution < -0.4 is 21.5 Å². The lowest BCUT2D eigenvalue weighted by Crippen LogP contribution is -2.02. The van der Waals surface area contributed by atoms with Gasteiger partial charge in [0, 0.05) is 34.0 Å². The van der Waals surface area contributed by atoms with Gasteiger partial charge in [-0.15, -0.1) is 0 Å². The zero-order chi connectivity index (χ0) is 23.7. The van der Waals surface area contributed by atoms with Crippen LogP contribution in [0.2, 0.25) is 0 Å². The number of nitrogens with one attached hydrogen (secondary N) is 1. The number of methoxy groups -OCH3 is 1. The molecule has 2 aromatic heterocycles. The Morgan fingerprint density at radius 3 is 2.15 bits per heavy atom. The quantitative estimate of drug-likeness (QED) is 0.327. The molecule has 2 heterocycles. The van der Waals surface area contributed by atoms with Crippen LogP contribution in [0.25, 0.3) is 33.4 Å². The highest BCUT2D eigenvalue weighted by Crippen LogP contribution is 2.30. The van der Waals surface area contributed by atoms with Gasteiger partial charge in [0.1, 0.15) is 17.4 Å². The number of nitrogens with zero attached hydrogens (tertiary/aromatic N) is 3. The molecule has 168 valence electrons. The molecular formula is C26H21FN6O. The van der Waals surface area contributed by atoms with E-state index in [9.17, 15) is 4.39 Å². The third-order valence-corrected chi connectivity index (χ3v) is 5.38. The Bertz CT molecular complexity index is 1490. The van der Waals surface area contributed by atoms with E-state index in [1.54, 1.807) is 25.3 Å². The second kappa shape index (κ2) is 8.67. The van der Waals surface area contributed by atoms with Crippen LogP contribution in [0.5, 0.6) is 5.75 Å². The van der Waals surface area contributed by atoms with Crippen molar-refractivity contribution in [1.82, 2.24) is 15.0 Å². The van der Waals surface area contributed by atoms with Crippen molar-refractivity contribution in [3.8, 4) is 28.3 Å². The average molecular weight is 452 g/mol. The molecule has 0 amide bonds. The first-order chi connectivity index (χ1) is 16.5. The molecule has 0 aliphatic rings. The predicted molar refractivity (Wildman–Crippen MR) is 133 cm³/mol. The summed E-state index contributed by atoms with van der Waals surface area (Å²) in [4.78, 5) is 13.3. The van der Waals surface area contributed by atoms with Gasteiger partial charge in [-0.05, 0) is 72.8 Å². The Balaban J connectivity index is 1.45. The molecule has 7 nitrogen and oxygen atoms in total. The number of nitrogens with two attached hydrogens (primary N) is 2. The number of fused-ring (bicyclic) bond motifs is 1. The van der Waals surface area contributed by atoms with E-state index in [1.807, 2.05) is 48.5 Å². The molecular weight excluding hydrogens is 431 g/mol. The minimum absolute atomic E-state index is 0.154. The van der Waals surface area contributed by atoms with Gasteiger partial charge >= 0.3 is 0 Å². The van der Waals surface area contributed by atoms with E-state index in [1.165, 1.54) is 12.1 Å². The Hall–Kier alpha value is -4.72. The maximum atomic E-state index is 13.3. The number of nitrogen functional groups attached to an aromatic ring is 2. The minimum atomic E-state index is -0.297. The fourth-order valence-electron chi connectivity index (χ4n) is 3.69. The Labute approximate surface area is 195 Å². The van der Waals surface area contributed by atoms with Crippen molar-refractivity contribution in [2.75, 3.05) is 23.9 Å². The Kier molecular flexibility index (Phi) is 5.39. The Morgan fingerprint density at radius 2 is 1.44 bits per heavy atom. The van der Waals surface area contributed by atoms with Crippen molar-refractivity contribution >= 4 is 34.0 Å². The van der Waals surface area contributed by atoms with Crippen LogP contribution in [0.1, 0.15) is 0 Å². The fraction of sp³-hybridized carbons (Fsp3) is 0.0385. The van der Waals surface area contributed by atoms with Crippen molar-refractivity contribution in [3.63, 3.8) is 0 Å². The number of hydrogen-bond donors (Lipinski definition) is 3. The second-order valence-electron chi connectivity index (χ2n) is 7.69. The summed E-state index contributed by atoms with van der Waals surface area (Å²) in [5.74, 6) is 1.16. The molecule has 0 atom stereocenters. The molecule has 0 saturated heterocycles. The summed E-state index contributed by atoms with van der Waals surface area (Å²) in [6.45, 7) is 0. The van der Waals surface area contributed by atoms with Gasteiger partial charge in [0.2, 0.25) is 5.95 Å². The number of benzene rings is 3. The topological polar surface area (TPSA) is 112 Å². The van der Waals surface area contributed by atoms with Gasteiger partial charge in [-0.2, -0.15) is 4.98 Å². The smallest absolute Gasteiger partial charge is 0.222 e. The minimum Gasteiger partial charge on any atom is -0.497 e. The molecule has 0 bridgehead atoms. The van der Waals surface area contributed by atoms with Crippen molar-refractivity contribution in [3.05, 3.63) is 84.7 Å². The number of hydrogen-bond acceptors (Lipinski definition) is 7. The lowest BCUT2D eigenvalue weighted by Gasteiger charge is -2.11. The number of aromatic nitrogens is 3. The van der Waals surface area contributed by atoms with Crippen molar-refractivity contribution in [2.45, 2.75) is 0 Å². The molecule has 5 N–H and O–H groups in total. The zero-order valence-electron chi connectivity index (χ0n) is 18.3. The van der Waals surface area contributed by atoms with Gasteiger partial charge in [0.15, 0.2) is 0 Å². The maximum absolute atomic E-state index is 13.3. The SMILES string of the molecule is COc1ccc(-c2cc(Nc3ccc4nc(-c5ccc(F)cc5)cc(N)c4c3)nc(N)n2)cc1.